The second-order valence-corrected chi connectivity index (χ2v) is 7.43. The first kappa shape index (κ1) is 15.3. The van der Waals surface area contributed by atoms with Crippen LogP contribution in [0.1, 0.15) is 37.7 Å². The van der Waals surface area contributed by atoms with Crippen molar-refractivity contribution in [2.45, 2.75) is 32.4 Å². The summed E-state index contributed by atoms with van der Waals surface area (Å²) in [5.41, 5.74) is 3.85. The Hall–Kier alpha value is -1.65. The molecule has 3 rings (SSSR count). The molecule has 1 aliphatic rings. The Balaban J connectivity index is 1.56. The molecule has 1 aliphatic carbocycles. The van der Waals surface area contributed by atoms with Crippen LogP contribution >= 0.6 is 11.3 Å². The number of carbonyl (C=O) groups excluding carboxylic acids is 1. The third kappa shape index (κ3) is 3.57. The van der Waals surface area contributed by atoms with Crippen LogP contribution in [0.3, 0.4) is 0 Å². The second-order valence-electron chi connectivity index (χ2n) is 6.30. The molecular formula is C18H23N2OS+. The van der Waals surface area contributed by atoms with Gasteiger partial charge in [0.25, 0.3) is 5.91 Å². The van der Waals surface area contributed by atoms with E-state index in [1.165, 1.54) is 27.3 Å². The Labute approximate surface area is 136 Å². The molecule has 1 aromatic carbocycles. The molecule has 22 heavy (non-hydrogen) atoms. The lowest BCUT2D eigenvalue weighted by atomic mass is 10.1. The molecule has 0 spiro atoms. The standard InChI is InChI=1S/C18H22N2OS/c1-20(2)12-14-8-6-13(7-9-14)11-19-18(21)17-10-15-4-3-5-16(15)22-17/h6-10H,3-5,11-12H2,1-2H3,(H,19,21)/p+1. The summed E-state index contributed by atoms with van der Waals surface area (Å²) < 4.78 is 0. The third-order valence-corrected chi connectivity index (χ3v) is 5.24. The summed E-state index contributed by atoms with van der Waals surface area (Å²) in [5.74, 6) is 0.0567. The molecule has 3 nitrogen and oxygen atoms in total. The third-order valence-electron chi connectivity index (χ3n) is 4.00. The van der Waals surface area contributed by atoms with Crippen molar-refractivity contribution in [3.63, 3.8) is 0 Å². The van der Waals surface area contributed by atoms with E-state index in [9.17, 15) is 4.79 Å². The molecule has 0 bridgehead atoms. The van der Waals surface area contributed by atoms with Crippen molar-refractivity contribution in [3.05, 3.63) is 56.8 Å². The molecule has 0 fully saturated rings. The van der Waals surface area contributed by atoms with Crippen molar-refractivity contribution in [3.8, 4) is 0 Å². The van der Waals surface area contributed by atoms with Crippen LogP contribution in [0.15, 0.2) is 30.3 Å². The highest BCUT2D eigenvalue weighted by atomic mass is 32.1. The molecule has 2 aromatic rings. The van der Waals surface area contributed by atoms with E-state index in [-0.39, 0.29) is 5.91 Å². The van der Waals surface area contributed by atoms with Crippen LogP contribution < -0.4 is 10.2 Å². The molecule has 0 aliphatic heterocycles. The lowest BCUT2D eigenvalue weighted by molar-refractivity contribution is -0.872. The van der Waals surface area contributed by atoms with Crippen LogP contribution in [0.4, 0.5) is 0 Å². The molecular weight excluding hydrogens is 292 g/mol. The first-order chi connectivity index (χ1) is 10.6. The van der Waals surface area contributed by atoms with Crippen LogP contribution in [0, 0.1) is 0 Å². The summed E-state index contributed by atoms with van der Waals surface area (Å²) in [6.45, 7) is 1.61. The van der Waals surface area contributed by atoms with Crippen LogP contribution in [0.25, 0.3) is 0 Å². The summed E-state index contributed by atoms with van der Waals surface area (Å²) in [4.78, 5) is 15.9. The number of aryl methyl sites for hydroxylation is 2. The Kier molecular flexibility index (Phi) is 4.60. The van der Waals surface area contributed by atoms with E-state index in [4.69, 9.17) is 0 Å². The molecule has 0 radical (unpaired) electrons. The average molecular weight is 315 g/mol. The molecule has 116 valence electrons. The highest BCUT2D eigenvalue weighted by Gasteiger charge is 2.18. The number of rotatable bonds is 5. The number of fused-ring (bicyclic) bond motifs is 1. The zero-order chi connectivity index (χ0) is 15.5. The van der Waals surface area contributed by atoms with Crippen molar-refractivity contribution in [1.29, 1.82) is 0 Å². The molecule has 2 N–H and O–H groups in total. The average Bonchev–Trinajstić information content (AvgIpc) is 3.07. The van der Waals surface area contributed by atoms with Crippen LogP contribution in [0.5, 0.6) is 0 Å². The molecule has 0 saturated carbocycles. The number of hydrogen-bond acceptors (Lipinski definition) is 2. The normalized spacial score (nSPS) is 13.4. The highest BCUT2D eigenvalue weighted by Crippen LogP contribution is 2.30. The van der Waals surface area contributed by atoms with Gasteiger partial charge in [0.1, 0.15) is 6.54 Å². The van der Waals surface area contributed by atoms with E-state index in [2.05, 4.69) is 49.7 Å². The van der Waals surface area contributed by atoms with E-state index >= 15 is 0 Å². The maximum absolute atomic E-state index is 12.2. The summed E-state index contributed by atoms with van der Waals surface area (Å²) >= 11 is 1.66. The number of benzene rings is 1. The van der Waals surface area contributed by atoms with Crippen molar-refractivity contribution >= 4 is 17.2 Å². The van der Waals surface area contributed by atoms with Gasteiger partial charge in [-0.1, -0.05) is 24.3 Å². The van der Waals surface area contributed by atoms with Crippen LogP contribution in [-0.4, -0.2) is 20.0 Å². The number of thiophene rings is 1. The van der Waals surface area contributed by atoms with Crippen LogP contribution in [-0.2, 0) is 25.9 Å². The van der Waals surface area contributed by atoms with Gasteiger partial charge in [0.15, 0.2) is 0 Å². The van der Waals surface area contributed by atoms with E-state index in [1.807, 2.05) is 0 Å². The summed E-state index contributed by atoms with van der Waals surface area (Å²) in [6, 6.07) is 10.6. The fourth-order valence-electron chi connectivity index (χ4n) is 2.89. The van der Waals surface area contributed by atoms with E-state index < -0.39 is 0 Å². The van der Waals surface area contributed by atoms with Crippen molar-refractivity contribution < 1.29 is 9.69 Å². The van der Waals surface area contributed by atoms with Gasteiger partial charge in [-0.2, -0.15) is 0 Å². The Morgan fingerprint density at radius 1 is 1.18 bits per heavy atom. The van der Waals surface area contributed by atoms with Gasteiger partial charge < -0.3 is 10.2 Å². The SMILES string of the molecule is C[NH+](C)Cc1ccc(CNC(=O)c2cc3c(s2)CCC3)cc1. The quantitative estimate of drug-likeness (QED) is 0.867. The number of carbonyl (C=O) groups is 1. The number of nitrogens with one attached hydrogen (secondary N) is 2. The lowest BCUT2D eigenvalue weighted by Crippen LogP contribution is -3.04. The second kappa shape index (κ2) is 6.63. The lowest BCUT2D eigenvalue weighted by Gasteiger charge is -2.08. The molecule has 1 amide bonds. The zero-order valence-electron chi connectivity index (χ0n) is 13.2. The Morgan fingerprint density at radius 3 is 2.59 bits per heavy atom. The van der Waals surface area contributed by atoms with Gasteiger partial charge in [-0.15, -0.1) is 11.3 Å². The highest BCUT2D eigenvalue weighted by molar-refractivity contribution is 7.14. The number of amides is 1. The zero-order valence-corrected chi connectivity index (χ0v) is 14.1. The van der Waals surface area contributed by atoms with Gasteiger partial charge >= 0.3 is 0 Å². The summed E-state index contributed by atoms with van der Waals surface area (Å²) in [6.07, 6.45) is 3.52. The predicted octanol–water partition coefficient (Wildman–Crippen LogP) is 1.81. The molecule has 4 heteroatoms. The summed E-state index contributed by atoms with van der Waals surface area (Å²) in [7, 11) is 4.29. The monoisotopic (exact) mass is 315 g/mol. The molecule has 0 saturated heterocycles. The minimum absolute atomic E-state index is 0.0567. The van der Waals surface area contributed by atoms with Gasteiger partial charge in [0, 0.05) is 17.0 Å². The van der Waals surface area contributed by atoms with Crippen molar-refractivity contribution in [1.82, 2.24) is 5.32 Å². The minimum atomic E-state index is 0.0567. The van der Waals surface area contributed by atoms with Crippen molar-refractivity contribution in [2.75, 3.05) is 14.1 Å². The number of hydrogen-bond donors (Lipinski definition) is 2. The van der Waals surface area contributed by atoms with Gasteiger partial charge in [-0.3, -0.25) is 4.79 Å². The fraction of sp³-hybridized carbons (Fsp3) is 0.389. The first-order valence-electron chi connectivity index (χ1n) is 7.88. The van der Waals surface area contributed by atoms with Gasteiger partial charge in [-0.05, 0) is 36.5 Å². The van der Waals surface area contributed by atoms with Gasteiger partial charge in [0.2, 0.25) is 0 Å². The van der Waals surface area contributed by atoms with Crippen LogP contribution in [0.2, 0.25) is 0 Å². The van der Waals surface area contributed by atoms with Crippen molar-refractivity contribution in [2.24, 2.45) is 0 Å². The maximum atomic E-state index is 12.2. The molecule has 0 atom stereocenters. The smallest absolute Gasteiger partial charge is 0.261 e. The first-order valence-corrected chi connectivity index (χ1v) is 8.70. The van der Waals surface area contributed by atoms with E-state index in [1.54, 1.807) is 11.3 Å². The van der Waals surface area contributed by atoms with Gasteiger partial charge in [-0.25, -0.2) is 0 Å². The van der Waals surface area contributed by atoms with E-state index in [0.717, 1.165) is 29.8 Å². The maximum Gasteiger partial charge on any atom is 0.261 e. The number of quaternary nitrogens is 1. The predicted molar refractivity (Wildman–Crippen MR) is 90.5 cm³/mol. The Bertz CT molecular complexity index is 637. The minimum Gasteiger partial charge on any atom is -0.347 e. The molecule has 1 heterocycles. The Morgan fingerprint density at radius 2 is 1.91 bits per heavy atom. The largest absolute Gasteiger partial charge is 0.347 e. The van der Waals surface area contributed by atoms with E-state index in [0.29, 0.717) is 6.54 Å². The fourth-order valence-corrected chi connectivity index (χ4v) is 4.06. The molecule has 1 aromatic heterocycles. The molecule has 0 unspecified atom stereocenters. The van der Waals surface area contributed by atoms with Gasteiger partial charge in [0.05, 0.1) is 19.0 Å². The summed E-state index contributed by atoms with van der Waals surface area (Å²) in [5, 5.41) is 3.03. The topological polar surface area (TPSA) is 33.5 Å².